The molecule has 0 bridgehead atoms. The number of rotatable bonds is 2. The van der Waals surface area contributed by atoms with Crippen molar-refractivity contribution in [1.82, 2.24) is 5.32 Å². The molecule has 1 fully saturated rings. The van der Waals surface area contributed by atoms with Gasteiger partial charge in [-0.1, -0.05) is 41.4 Å². The molecule has 2 atom stereocenters. The van der Waals surface area contributed by atoms with Crippen molar-refractivity contribution in [1.29, 1.82) is 0 Å². The smallest absolute Gasteiger partial charge is 0.246 e. The average molecular weight is 336 g/mol. The van der Waals surface area contributed by atoms with Crippen LogP contribution in [-0.2, 0) is 9.53 Å². The summed E-state index contributed by atoms with van der Waals surface area (Å²) in [5.41, 5.74) is 3.01. The van der Waals surface area contributed by atoms with E-state index in [1.54, 1.807) is 0 Å². The summed E-state index contributed by atoms with van der Waals surface area (Å²) in [6.45, 7) is 2.04. The molecule has 1 amide bonds. The SMILES string of the molecule is Cc1cc(Cl)ccc1[C@@H]1OCC(=O)N[C@@H]1c1ccc(Cl)cc1. The van der Waals surface area contributed by atoms with Gasteiger partial charge in [0, 0.05) is 10.0 Å². The van der Waals surface area contributed by atoms with Gasteiger partial charge in [0.1, 0.15) is 12.7 Å². The van der Waals surface area contributed by atoms with Crippen LogP contribution in [0.4, 0.5) is 0 Å². The van der Waals surface area contributed by atoms with Gasteiger partial charge in [-0.15, -0.1) is 0 Å². The Morgan fingerprint density at radius 2 is 1.77 bits per heavy atom. The minimum absolute atomic E-state index is 0.0524. The first-order chi connectivity index (χ1) is 10.5. The summed E-state index contributed by atoms with van der Waals surface area (Å²) in [7, 11) is 0. The Bertz CT molecular complexity index is 700. The average Bonchev–Trinajstić information content (AvgIpc) is 2.49. The Morgan fingerprint density at radius 1 is 1.09 bits per heavy atom. The van der Waals surface area contributed by atoms with Crippen molar-refractivity contribution < 1.29 is 9.53 Å². The molecule has 0 aromatic heterocycles. The first-order valence-electron chi connectivity index (χ1n) is 6.97. The fourth-order valence-corrected chi connectivity index (χ4v) is 3.06. The maximum absolute atomic E-state index is 11.7. The molecule has 0 radical (unpaired) electrons. The van der Waals surface area contributed by atoms with Gasteiger partial charge >= 0.3 is 0 Å². The molecule has 5 heteroatoms. The lowest BCUT2D eigenvalue weighted by atomic mass is 9.92. The van der Waals surface area contributed by atoms with Crippen molar-refractivity contribution in [2.24, 2.45) is 0 Å². The van der Waals surface area contributed by atoms with Crippen LogP contribution in [-0.4, -0.2) is 12.5 Å². The largest absolute Gasteiger partial charge is 0.361 e. The highest BCUT2D eigenvalue weighted by atomic mass is 35.5. The van der Waals surface area contributed by atoms with Crippen molar-refractivity contribution in [2.45, 2.75) is 19.1 Å². The van der Waals surface area contributed by atoms with Crippen molar-refractivity contribution in [2.75, 3.05) is 6.61 Å². The number of ether oxygens (including phenoxy) is 1. The number of hydrogen-bond acceptors (Lipinski definition) is 2. The molecule has 1 saturated heterocycles. The summed E-state index contributed by atoms with van der Waals surface area (Å²) in [4.78, 5) is 11.7. The molecule has 114 valence electrons. The maximum atomic E-state index is 11.7. The van der Waals surface area contributed by atoms with Crippen molar-refractivity contribution in [3.05, 3.63) is 69.2 Å². The van der Waals surface area contributed by atoms with Gasteiger partial charge in [-0.2, -0.15) is 0 Å². The third-order valence-electron chi connectivity index (χ3n) is 3.78. The molecule has 0 aliphatic carbocycles. The first-order valence-corrected chi connectivity index (χ1v) is 7.72. The molecular weight excluding hydrogens is 321 g/mol. The van der Waals surface area contributed by atoms with Crippen LogP contribution in [0.5, 0.6) is 0 Å². The van der Waals surface area contributed by atoms with E-state index in [1.807, 2.05) is 49.4 Å². The summed E-state index contributed by atoms with van der Waals surface area (Å²) in [5.74, 6) is -0.122. The van der Waals surface area contributed by atoms with Gasteiger partial charge in [0.15, 0.2) is 0 Å². The van der Waals surface area contributed by atoms with Gasteiger partial charge in [0.2, 0.25) is 5.91 Å². The number of nitrogens with one attached hydrogen (secondary N) is 1. The zero-order valence-electron chi connectivity index (χ0n) is 12.0. The normalized spacial score (nSPS) is 21.5. The zero-order valence-corrected chi connectivity index (χ0v) is 13.5. The molecule has 3 nitrogen and oxygen atoms in total. The molecule has 1 aliphatic rings. The Hall–Kier alpha value is -1.55. The summed E-state index contributed by atoms with van der Waals surface area (Å²) >= 11 is 12.0. The number of carbonyl (C=O) groups is 1. The minimum atomic E-state index is -0.254. The van der Waals surface area contributed by atoms with E-state index in [0.717, 1.165) is 16.7 Å². The first kappa shape index (κ1) is 15.3. The van der Waals surface area contributed by atoms with E-state index < -0.39 is 0 Å². The van der Waals surface area contributed by atoms with Crippen LogP contribution in [0, 0.1) is 6.92 Å². The van der Waals surface area contributed by atoms with Crippen LogP contribution in [0.15, 0.2) is 42.5 Å². The van der Waals surface area contributed by atoms with Gasteiger partial charge in [0.25, 0.3) is 0 Å². The monoisotopic (exact) mass is 335 g/mol. The quantitative estimate of drug-likeness (QED) is 0.891. The number of amides is 1. The number of halogens is 2. The Kier molecular flexibility index (Phi) is 4.39. The van der Waals surface area contributed by atoms with E-state index in [1.165, 1.54) is 0 Å². The lowest BCUT2D eigenvalue weighted by molar-refractivity contribution is -0.137. The minimum Gasteiger partial charge on any atom is -0.361 e. The standard InChI is InChI=1S/C17H15Cl2NO2/c1-10-8-13(19)6-7-14(10)17-16(20-15(21)9-22-17)11-2-4-12(18)5-3-11/h2-8,16-17H,9H2,1H3,(H,20,21)/t16-,17+/m1/s1. The highest BCUT2D eigenvalue weighted by molar-refractivity contribution is 6.30. The number of morpholine rings is 1. The van der Waals surface area contributed by atoms with E-state index in [4.69, 9.17) is 27.9 Å². The van der Waals surface area contributed by atoms with Crippen molar-refractivity contribution in [3.63, 3.8) is 0 Å². The molecule has 0 spiro atoms. The molecule has 2 aromatic rings. The number of hydrogen-bond donors (Lipinski definition) is 1. The van der Waals surface area contributed by atoms with Crippen LogP contribution in [0.1, 0.15) is 28.8 Å². The molecule has 1 aliphatic heterocycles. The van der Waals surface area contributed by atoms with Crippen molar-refractivity contribution in [3.8, 4) is 0 Å². The van der Waals surface area contributed by atoms with Gasteiger partial charge in [-0.05, 0) is 47.9 Å². The third-order valence-corrected chi connectivity index (χ3v) is 4.27. The molecular formula is C17H15Cl2NO2. The molecule has 0 saturated carbocycles. The summed E-state index contributed by atoms with van der Waals surface area (Å²) < 4.78 is 5.81. The van der Waals surface area contributed by atoms with Gasteiger partial charge in [-0.3, -0.25) is 4.79 Å². The lowest BCUT2D eigenvalue weighted by Gasteiger charge is -2.34. The maximum Gasteiger partial charge on any atom is 0.246 e. The van der Waals surface area contributed by atoms with Crippen LogP contribution in [0.25, 0.3) is 0 Å². The second kappa shape index (κ2) is 6.29. The van der Waals surface area contributed by atoms with Crippen LogP contribution in [0.3, 0.4) is 0 Å². The Morgan fingerprint density at radius 3 is 2.45 bits per heavy atom. The number of aryl methyl sites for hydroxylation is 1. The number of carbonyl (C=O) groups excluding carboxylic acids is 1. The van der Waals surface area contributed by atoms with Crippen molar-refractivity contribution >= 4 is 29.1 Å². The molecule has 22 heavy (non-hydrogen) atoms. The highest BCUT2D eigenvalue weighted by Crippen LogP contribution is 2.36. The zero-order chi connectivity index (χ0) is 15.7. The highest BCUT2D eigenvalue weighted by Gasteiger charge is 2.32. The van der Waals surface area contributed by atoms with Gasteiger partial charge in [-0.25, -0.2) is 0 Å². The topological polar surface area (TPSA) is 38.3 Å². The van der Waals surface area contributed by atoms with E-state index in [2.05, 4.69) is 5.32 Å². The summed E-state index contributed by atoms with van der Waals surface area (Å²) in [5, 5.41) is 4.35. The summed E-state index contributed by atoms with van der Waals surface area (Å²) in [6.07, 6.45) is -0.254. The molecule has 1 heterocycles. The van der Waals surface area contributed by atoms with E-state index >= 15 is 0 Å². The second-order valence-corrected chi connectivity index (χ2v) is 6.20. The van der Waals surface area contributed by atoms with E-state index in [-0.39, 0.29) is 24.7 Å². The molecule has 1 N–H and O–H groups in total. The van der Waals surface area contributed by atoms with E-state index in [9.17, 15) is 4.79 Å². The van der Waals surface area contributed by atoms with Crippen LogP contribution >= 0.6 is 23.2 Å². The molecule has 3 rings (SSSR count). The second-order valence-electron chi connectivity index (χ2n) is 5.33. The molecule has 0 unspecified atom stereocenters. The van der Waals surface area contributed by atoms with Gasteiger partial charge < -0.3 is 10.1 Å². The van der Waals surface area contributed by atoms with Crippen LogP contribution < -0.4 is 5.32 Å². The van der Waals surface area contributed by atoms with Crippen LogP contribution in [0.2, 0.25) is 10.0 Å². The third kappa shape index (κ3) is 3.12. The predicted octanol–water partition coefficient (Wildman–Crippen LogP) is 4.23. The Balaban J connectivity index is 1.99. The Labute approximate surface area is 139 Å². The van der Waals surface area contributed by atoms with E-state index in [0.29, 0.717) is 10.0 Å². The number of benzene rings is 2. The fourth-order valence-electron chi connectivity index (χ4n) is 2.71. The molecule has 2 aromatic carbocycles. The predicted molar refractivity (Wildman–Crippen MR) is 87.2 cm³/mol. The summed E-state index contributed by atoms with van der Waals surface area (Å²) in [6, 6.07) is 12.9. The fraction of sp³-hybridized carbons (Fsp3) is 0.235. The van der Waals surface area contributed by atoms with Gasteiger partial charge in [0.05, 0.1) is 6.04 Å². The lowest BCUT2D eigenvalue weighted by Crippen LogP contribution is -2.41.